The minimum absolute atomic E-state index is 0.107. The molecule has 5 heteroatoms. The SMILES string of the molecule is O=C(Nc1cccnc1)c1cccc(-c2ccccc2CC(c2cccnc2)c2cccnc2)c1. The fraction of sp³-hybridized carbons (Fsp3) is 0.0667. The van der Waals surface area contributed by atoms with E-state index >= 15 is 0 Å². The van der Waals surface area contributed by atoms with Crippen LogP contribution in [-0.2, 0) is 6.42 Å². The Bertz CT molecular complexity index is 1370. The van der Waals surface area contributed by atoms with Gasteiger partial charge in [0.25, 0.3) is 5.91 Å². The molecule has 1 N–H and O–H groups in total. The molecule has 35 heavy (non-hydrogen) atoms. The summed E-state index contributed by atoms with van der Waals surface area (Å²) in [6.45, 7) is 0. The van der Waals surface area contributed by atoms with Crippen LogP contribution in [0, 0.1) is 0 Å². The van der Waals surface area contributed by atoms with Gasteiger partial charge in [0, 0.05) is 42.5 Å². The number of hydrogen-bond acceptors (Lipinski definition) is 4. The summed E-state index contributed by atoms with van der Waals surface area (Å²) < 4.78 is 0. The molecule has 0 spiro atoms. The number of carbonyl (C=O) groups is 1. The van der Waals surface area contributed by atoms with Gasteiger partial charge in [-0.25, -0.2) is 0 Å². The van der Waals surface area contributed by atoms with Crippen LogP contribution in [0.5, 0.6) is 0 Å². The van der Waals surface area contributed by atoms with Crippen molar-refractivity contribution in [3.63, 3.8) is 0 Å². The molecule has 170 valence electrons. The molecule has 2 aromatic carbocycles. The fourth-order valence-corrected chi connectivity index (χ4v) is 4.26. The standard InChI is InChI=1S/C30H24N4O/c35-30(34-27-12-6-16-33-21-27)24-9-3-8-22(17-24)28-13-2-1-7-23(28)18-29(25-10-4-14-31-19-25)26-11-5-15-32-20-26/h1-17,19-21,29H,18H2,(H,34,35). The number of amides is 1. The molecule has 5 rings (SSSR count). The molecule has 0 atom stereocenters. The van der Waals surface area contributed by atoms with E-state index in [1.165, 1.54) is 5.56 Å². The molecule has 0 aliphatic rings. The van der Waals surface area contributed by atoms with Gasteiger partial charge in [-0.2, -0.15) is 0 Å². The second kappa shape index (κ2) is 10.5. The first-order valence-electron chi connectivity index (χ1n) is 11.5. The lowest BCUT2D eigenvalue weighted by Gasteiger charge is -2.20. The highest BCUT2D eigenvalue weighted by Gasteiger charge is 2.18. The van der Waals surface area contributed by atoms with E-state index in [-0.39, 0.29) is 11.8 Å². The van der Waals surface area contributed by atoms with Gasteiger partial charge >= 0.3 is 0 Å². The molecule has 0 bridgehead atoms. The van der Waals surface area contributed by atoms with Crippen LogP contribution < -0.4 is 5.32 Å². The first-order chi connectivity index (χ1) is 17.3. The number of nitrogens with zero attached hydrogens (tertiary/aromatic N) is 3. The van der Waals surface area contributed by atoms with Crippen molar-refractivity contribution in [1.82, 2.24) is 15.0 Å². The van der Waals surface area contributed by atoms with E-state index in [2.05, 4.69) is 50.6 Å². The predicted molar refractivity (Wildman–Crippen MR) is 138 cm³/mol. The van der Waals surface area contributed by atoms with Crippen molar-refractivity contribution in [2.24, 2.45) is 0 Å². The maximum absolute atomic E-state index is 12.9. The zero-order valence-electron chi connectivity index (χ0n) is 19.1. The first kappa shape index (κ1) is 22.2. The smallest absolute Gasteiger partial charge is 0.255 e. The Morgan fingerprint density at radius 1 is 0.714 bits per heavy atom. The number of pyridine rings is 3. The highest BCUT2D eigenvalue weighted by molar-refractivity contribution is 6.04. The molecule has 0 aliphatic carbocycles. The summed E-state index contributed by atoms with van der Waals surface area (Å²) in [5.41, 5.74) is 6.82. The molecule has 3 aromatic heterocycles. The molecule has 0 saturated carbocycles. The number of nitrogens with one attached hydrogen (secondary N) is 1. The number of aromatic nitrogens is 3. The fourth-order valence-electron chi connectivity index (χ4n) is 4.26. The summed E-state index contributed by atoms with van der Waals surface area (Å²) in [6.07, 6.45) is 11.5. The lowest BCUT2D eigenvalue weighted by molar-refractivity contribution is 0.102. The van der Waals surface area contributed by atoms with Gasteiger partial charge in [0.2, 0.25) is 0 Å². The van der Waals surface area contributed by atoms with Crippen molar-refractivity contribution in [1.29, 1.82) is 0 Å². The average Bonchev–Trinajstić information content (AvgIpc) is 2.93. The van der Waals surface area contributed by atoms with E-state index in [0.29, 0.717) is 11.3 Å². The topological polar surface area (TPSA) is 67.8 Å². The Balaban J connectivity index is 1.47. The van der Waals surface area contributed by atoms with Crippen LogP contribution >= 0.6 is 0 Å². The van der Waals surface area contributed by atoms with Gasteiger partial charge in [-0.05, 0) is 70.6 Å². The molecular weight excluding hydrogens is 432 g/mol. The van der Waals surface area contributed by atoms with Gasteiger partial charge in [-0.15, -0.1) is 0 Å². The molecule has 0 fully saturated rings. The maximum atomic E-state index is 12.9. The van der Waals surface area contributed by atoms with Crippen LogP contribution in [0.1, 0.15) is 33.0 Å². The minimum atomic E-state index is -0.166. The quantitative estimate of drug-likeness (QED) is 0.318. The van der Waals surface area contributed by atoms with Crippen molar-refractivity contribution in [2.45, 2.75) is 12.3 Å². The van der Waals surface area contributed by atoms with Gasteiger partial charge in [0.05, 0.1) is 11.9 Å². The predicted octanol–water partition coefficient (Wildman–Crippen LogP) is 6.17. The van der Waals surface area contributed by atoms with Crippen LogP contribution in [0.15, 0.2) is 122 Å². The van der Waals surface area contributed by atoms with Crippen molar-refractivity contribution in [3.05, 3.63) is 144 Å². The number of carbonyl (C=O) groups excluding carboxylic acids is 1. The monoisotopic (exact) mass is 456 g/mol. The Morgan fingerprint density at radius 2 is 1.40 bits per heavy atom. The van der Waals surface area contributed by atoms with Gasteiger partial charge in [0.15, 0.2) is 0 Å². The minimum Gasteiger partial charge on any atom is -0.321 e. The number of rotatable bonds is 7. The summed E-state index contributed by atoms with van der Waals surface area (Å²) >= 11 is 0. The third kappa shape index (κ3) is 5.31. The largest absolute Gasteiger partial charge is 0.321 e. The van der Waals surface area contributed by atoms with Gasteiger partial charge in [0.1, 0.15) is 0 Å². The van der Waals surface area contributed by atoms with Gasteiger partial charge < -0.3 is 5.32 Å². The average molecular weight is 457 g/mol. The molecular formula is C30H24N4O. The van der Waals surface area contributed by atoms with Crippen LogP contribution in [0.3, 0.4) is 0 Å². The zero-order chi connectivity index (χ0) is 23.9. The first-order valence-corrected chi connectivity index (χ1v) is 11.5. The zero-order valence-corrected chi connectivity index (χ0v) is 19.1. The molecule has 1 amide bonds. The van der Waals surface area contributed by atoms with E-state index in [9.17, 15) is 4.79 Å². The highest BCUT2D eigenvalue weighted by atomic mass is 16.1. The van der Waals surface area contributed by atoms with E-state index in [4.69, 9.17) is 0 Å². The Hall–Kier alpha value is -4.64. The summed E-state index contributed by atoms with van der Waals surface area (Å²) in [5.74, 6) is -0.0588. The molecule has 0 unspecified atom stereocenters. The summed E-state index contributed by atoms with van der Waals surface area (Å²) in [7, 11) is 0. The molecule has 0 radical (unpaired) electrons. The summed E-state index contributed by atoms with van der Waals surface area (Å²) in [5, 5.41) is 2.91. The number of hydrogen-bond donors (Lipinski definition) is 1. The van der Waals surface area contributed by atoms with Crippen molar-refractivity contribution < 1.29 is 4.79 Å². The van der Waals surface area contributed by atoms with E-state index in [0.717, 1.165) is 28.7 Å². The van der Waals surface area contributed by atoms with Crippen LogP contribution in [0.4, 0.5) is 5.69 Å². The van der Waals surface area contributed by atoms with Crippen LogP contribution in [-0.4, -0.2) is 20.9 Å². The second-order valence-corrected chi connectivity index (χ2v) is 8.26. The molecule has 0 saturated heterocycles. The normalized spacial score (nSPS) is 10.8. The number of benzene rings is 2. The molecule has 5 nitrogen and oxygen atoms in total. The second-order valence-electron chi connectivity index (χ2n) is 8.26. The highest BCUT2D eigenvalue weighted by Crippen LogP contribution is 2.32. The molecule has 3 heterocycles. The van der Waals surface area contributed by atoms with Gasteiger partial charge in [-0.3, -0.25) is 19.7 Å². The van der Waals surface area contributed by atoms with E-state index in [1.54, 1.807) is 30.9 Å². The maximum Gasteiger partial charge on any atom is 0.255 e. The Kier molecular flexibility index (Phi) is 6.67. The molecule has 5 aromatic rings. The third-order valence-electron chi connectivity index (χ3n) is 5.97. The summed E-state index contributed by atoms with van der Waals surface area (Å²) in [4.78, 5) is 25.6. The lowest BCUT2D eigenvalue weighted by Crippen LogP contribution is -2.12. The number of anilines is 1. The van der Waals surface area contributed by atoms with E-state index < -0.39 is 0 Å². The third-order valence-corrected chi connectivity index (χ3v) is 5.97. The van der Waals surface area contributed by atoms with Crippen molar-refractivity contribution in [2.75, 3.05) is 5.32 Å². The Morgan fingerprint density at radius 3 is 2.06 bits per heavy atom. The van der Waals surface area contributed by atoms with Crippen molar-refractivity contribution >= 4 is 11.6 Å². The Labute approximate surface area is 204 Å². The van der Waals surface area contributed by atoms with Crippen molar-refractivity contribution in [3.8, 4) is 11.1 Å². The molecule has 0 aliphatic heterocycles. The van der Waals surface area contributed by atoms with E-state index in [1.807, 2.05) is 60.9 Å². The van der Waals surface area contributed by atoms with Crippen LogP contribution in [0.2, 0.25) is 0 Å². The van der Waals surface area contributed by atoms with Crippen LogP contribution in [0.25, 0.3) is 11.1 Å². The van der Waals surface area contributed by atoms with Gasteiger partial charge in [-0.1, -0.05) is 48.5 Å². The summed E-state index contributed by atoms with van der Waals surface area (Å²) in [6, 6.07) is 27.8. The lowest BCUT2D eigenvalue weighted by atomic mass is 9.85.